The zero-order valence-electron chi connectivity index (χ0n) is 22.8. The molecule has 4 rings (SSSR count). The molecule has 0 bridgehead atoms. The van der Waals surface area contributed by atoms with Crippen molar-refractivity contribution in [2.45, 2.75) is 124 Å². The molecule has 0 aromatic rings. The maximum Gasteiger partial charge on any atom is 0.302 e. The summed E-state index contributed by atoms with van der Waals surface area (Å²) >= 11 is 0. The van der Waals surface area contributed by atoms with Crippen LogP contribution in [0.5, 0.6) is 0 Å². The fourth-order valence-corrected chi connectivity index (χ4v) is 9.03. The number of hydrogen-bond acceptors (Lipinski definition) is 4. The number of rotatable bonds is 6. The zero-order chi connectivity index (χ0) is 25.1. The van der Waals surface area contributed by atoms with Crippen molar-refractivity contribution in [3.05, 3.63) is 11.6 Å². The van der Waals surface area contributed by atoms with Gasteiger partial charge >= 0.3 is 5.97 Å². The minimum atomic E-state index is -0.784. The van der Waals surface area contributed by atoms with Gasteiger partial charge in [0.2, 0.25) is 0 Å². The fraction of sp³-hybridized carbons (Fsp3) is 0.900. The van der Waals surface area contributed by atoms with E-state index in [9.17, 15) is 15.0 Å². The van der Waals surface area contributed by atoms with Gasteiger partial charge in [0.25, 0.3) is 0 Å². The first-order valence-corrected chi connectivity index (χ1v) is 14.0. The monoisotopic (exact) mass is 474 g/mol. The van der Waals surface area contributed by atoms with Crippen LogP contribution in [0.2, 0.25) is 0 Å². The second-order valence-corrected chi connectivity index (χ2v) is 13.7. The van der Waals surface area contributed by atoms with Crippen LogP contribution in [-0.2, 0) is 9.53 Å². The van der Waals surface area contributed by atoms with E-state index in [1.165, 1.54) is 44.6 Å². The first-order valence-electron chi connectivity index (χ1n) is 14.0. The van der Waals surface area contributed by atoms with Gasteiger partial charge < -0.3 is 14.9 Å². The van der Waals surface area contributed by atoms with E-state index in [1.807, 2.05) is 13.8 Å². The highest BCUT2D eigenvalue weighted by Gasteiger charge is 2.59. The highest BCUT2D eigenvalue weighted by Crippen LogP contribution is 2.67. The molecule has 34 heavy (non-hydrogen) atoms. The van der Waals surface area contributed by atoms with Gasteiger partial charge in [-0.25, -0.2) is 0 Å². The number of aliphatic hydroxyl groups excluding tert-OH is 1. The van der Waals surface area contributed by atoms with Crippen LogP contribution in [0, 0.1) is 46.3 Å². The Kier molecular flexibility index (Phi) is 7.10. The predicted octanol–water partition coefficient (Wildman–Crippen LogP) is 6.29. The molecule has 0 saturated heterocycles. The Labute approximate surface area is 207 Å². The van der Waals surface area contributed by atoms with Gasteiger partial charge in [-0.1, -0.05) is 39.3 Å². The van der Waals surface area contributed by atoms with E-state index in [2.05, 4.69) is 33.8 Å². The smallest absolute Gasteiger partial charge is 0.302 e. The molecule has 0 aromatic carbocycles. The molecule has 4 heteroatoms. The van der Waals surface area contributed by atoms with Crippen LogP contribution in [0.25, 0.3) is 0 Å². The summed E-state index contributed by atoms with van der Waals surface area (Å²) in [5.74, 6) is 2.89. The molecule has 4 aliphatic carbocycles. The normalized spacial score (nSPS) is 42.5. The Bertz CT molecular complexity index is 796. The van der Waals surface area contributed by atoms with Gasteiger partial charge in [-0.15, -0.1) is 0 Å². The van der Waals surface area contributed by atoms with Crippen molar-refractivity contribution in [1.82, 2.24) is 0 Å². The van der Waals surface area contributed by atoms with Gasteiger partial charge in [0.1, 0.15) is 6.10 Å². The predicted molar refractivity (Wildman–Crippen MR) is 136 cm³/mol. The Morgan fingerprint density at radius 3 is 2.50 bits per heavy atom. The van der Waals surface area contributed by atoms with Crippen molar-refractivity contribution in [2.24, 2.45) is 46.3 Å². The molecule has 4 nitrogen and oxygen atoms in total. The molecular formula is C30H50O4. The SMILES string of the molecule is CC(=O)OC(CC(C)C(C)(C)O)C(C)C1CCC2C3CC=C4CC(O)CCC4(C)C3CCC12C. The van der Waals surface area contributed by atoms with Crippen LogP contribution in [0.3, 0.4) is 0 Å². The molecule has 0 heterocycles. The van der Waals surface area contributed by atoms with Crippen molar-refractivity contribution in [3.8, 4) is 0 Å². The van der Waals surface area contributed by atoms with Gasteiger partial charge in [-0.05, 0) is 118 Å². The summed E-state index contributed by atoms with van der Waals surface area (Å²) in [6.45, 7) is 14.6. The van der Waals surface area contributed by atoms with E-state index in [4.69, 9.17) is 4.74 Å². The first-order chi connectivity index (χ1) is 15.8. The van der Waals surface area contributed by atoms with Gasteiger partial charge in [0.15, 0.2) is 0 Å². The van der Waals surface area contributed by atoms with Crippen molar-refractivity contribution in [2.75, 3.05) is 0 Å². The lowest BCUT2D eigenvalue weighted by molar-refractivity contribution is -0.154. The van der Waals surface area contributed by atoms with Crippen LogP contribution < -0.4 is 0 Å². The third kappa shape index (κ3) is 4.51. The summed E-state index contributed by atoms with van der Waals surface area (Å²) in [5.41, 5.74) is 1.31. The molecule has 0 radical (unpaired) electrons. The van der Waals surface area contributed by atoms with Crippen LogP contribution >= 0.6 is 0 Å². The molecule has 0 spiro atoms. The first kappa shape index (κ1) is 26.2. The largest absolute Gasteiger partial charge is 0.462 e. The van der Waals surface area contributed by atoms with Crippen molar-refractivity contribution < 1.29 is 19.7 Å². The average molecular weight is 475 g/mol. The third-order valence-electron chi connectivity index (χ3n) is 11.5. The topological polar surface area (TPSA) is 66.8 Å². The molecule has 10 unspecified atom stereocenters. The lowest BCUT2D eigenvalue weighted by Gasteiger charge is -2.58. The number of fused-ring (bicyclic) bond motifs is 5. The van der Waals surface area contributed by atoms with E-state index in [1.54, 1.807) is 0 Å². The minimum absolute atomic E-state index is 0.0588. The van der Waals surface area contributed by atoms with Crippen LogP contribution in [0.4, 0.5) is 0 Å². The van der Waals surface area contributed by atoms with Gasteiger partial charge in [0, 0.05) is 6.92 Å². The highest BCUT2D eigenvalue weighted by atomic mass is 16.5. The van der Waals surface area contributed by atoms with E-state index < -0.39 is 5.60 Å². The molecule has 194 valence electrons. The summed E-state index contributed by atoms with van der Waals surface area (Å²) in [6.07, 6.45) is 12.1. The maximum atomic E-state index is 12.0. The zero-order valence-corrected chi connectivity index (χ0v) is 22.8. The fourth-order valence-electron chi connectivity index (χ4n) is 9.03. The lowest BCUT2D eigenvalue weighted by Crippen LogP contribution is -2.51. The number of hydrogen-bond donors (Lipinski definition) is 2. The number of aliphatic hydroxyl groups is 2. The number of allylic oxidation sites excluding steroid dienone is 1. The number of carbonyl (C=O) groups is 1. The molecule has 0 amide bonds. The molecule has 10 atom stereocenters. The van der Waals surface area contributed by atoms with Crippen molar-refractivity contribution in [1.29, 1.82) is 0 Å². The van der Waals surface area contributed by atoms with Crippen LogP contribution in [0.15, 0.2) is 11.6 Å². The van der Waals surface area contributed by atoms with Gasteiger partial charge in [-0.3, -0.25) is 4.79 Å². The number of carbonyl (C=O) groups excluding carboxylic acids is 1. The Hall–Kier alpha value is -0.870. The molecule has 4 aliphatic rings. The molecule has 3 fully saturated rings. The van der Waals surface area contributed by atoms with E-state index in [0.29, 0.717) is 12.3 Å². The number of esters is 1. The number of ether oxygens (including phenoxy) is 1. The van der Waals surface area contributed by atoms with Gasteiger partial charge in [-0.2, -0.15) is 0 Å². The molecular weight excluding hydrogens is 424 g/mol. The van der Waals surface area contributed by atoms with Crippen LogP contribution in [-0.4, -0.2) is 34.0 Å². The maximum absolute atomic E-state index is 12.0. The molecule has 2 N–H and O–H groups in total. The second kappa shape index (κ2) is 9.21. The quantitative estimate of drug-likeness (QED) is 0.351. The Morgan fingerprint density at radius 1 is 1.15 bits per heavy atom. The minimum Gasteiger partial charge on any atom is -0.462 e. The second-order valence-electron chi connectivity index (χ2n) is 13.7. The molecule has 0 aliphatic heterocycles. The van der Waals surface area contributed by atoms with E-state index >= 15 is 0 Å². The molecule has 0 aromatic heterocycles. The van der Waals surface area contributed by atoms with Crippen molar-refractivity contribution in [3.63, 3.8) is 0 Å². The summed E-state index contributed by atoms with van der Waals surface area (Å²) in [4.78, 5) is 12.0. The Morgan fingerprint density at radius 2 is 1.85 bits per heavy atom. The van der Waals surface area contributed by atoms with Crippen molar-refractivity contribution >= 4 is 5.97 Å². The summed E-state index contributed by atoms with van der Waals surface area (Å²) in [6, 6.07) is 0. The van der Waals surface area contributed by atoms with Gasteiger partial charge in [0.05, 0.1) is 11.7 Å². The summed E-state index contributed by atoms with van der Waals surface area (Å²) < 4.78 is 5.94. The summed E-state index contributed by atoms with van der Waals surface area (Å²) in [7, 11) is 0. The summed E-state index contributed by atoms with van der Waals surface area (Å²) in [5, 5.41) is 20.8. The average Bonchev–Trinajstić information content (AvgIpc) is 3.09. The highest BCUT2D eigenvalue weighted by molar-refractivity contribution is 5.66. The molecule has 3 saturated carbocycles. The van der Waals surface area contributed by atoms with E-state index in [-0.39, 0.29) is 40.8 Å². The Balaban J connectivity index is 1.55. The standard InChI is InChI=1S/C30H50O4/c1-18(28(4,5)33)16-27(34-20(3)31)19(2)24-10-11-25-23-9-8-21-17-22(32)12-14-29(21,6)26(23)13-15-30(24,25)7/h8,18-19,22-27,32-33H,9-17H2,1-7H3. The third-order valence-corrected chi connectivity index (χ3v) is 11.5. The lowest BCUT2D eigenvalue weighted by atomic mass is 9.47. The van der Waals surface area contributed by atoms with E-state index in [0.717, 1.165) is 37.0 Å². The van der Waals surface area contributed by atoms with Crippen LogP contribution in [0.1, 0.15) is 106 Å².